The Kier molecular flexibility index (Phi) is 3.22. The second-order valence-electron chi connectivity index (χ2n) is 4.44. The largest absolute Gasteiger partial charge is 0.310 e. The van der Waals surface area contributed by atoms with Gasteiger partial charge in [-0.05, 0) is 24.3 Å². The molecule has 0 spiro atoms. The van der Waals surface area contributed by atoms with Crippen LogP contribution in [0.25, 0.3) is 6.08 Å². The van der Waals surface area contributed by atoms with E-state index in [-0.39, 0.29) is 0 Å². The van der Waals surface area contributed by atoms with E-state index in [2.05, 4.69) is 30.4 Å². The van der Waals surface area contributed by atoms with E-state index in [1.807, 2.05) is 24.3 Å². The van der Waals surface area contributed by atoms with Crippen molar-refractivity contribution < 1.29 is 0 Å². The number of rotatable bonds is 2. The van der Waals surface area contributed by atoms with Crippen molar-refractivity contribution in [2.75, 3.05) is 0 Å². The molecule has 1 unspecified atom stereocenters. The van der Waals surface area contributed by atoms with E-state index in [1.165, 1.54) is 5.56 Å². The molecule has 0 aromatic heterocycles. The highest BCUT2D eigenvalue weighted by Crippen LogP contribution is 2.22. The third-order valence-corrected chi connectivity index (χ3v) is 2.90. The average molecular weight is 214 g/mol. The van der Waals surface area contributed by atoms with Crippen LogP contribution in [0.4, 0.5) is 0 Å². The molecule has 1 atom stereocenters. The summed E-state index contributed by atoms with van der Waals surface area (Å²) in [4.78, 5) is 0. The lowest BCUT2D eigenvalue weighted by Crippen LogP contribution is -2.48. The molecular formula is C14H18N2. The Morgan fingerprint density at radius 3 is 2.56 bits per heavy atom. The standard InChI is InChI=1S/C14H18N2/c15-14(16)10-8-13(9-11-14)7-6-12-4-2-1-3-5-12/h1-8,10,13H,9,11,15-16H2. The lowest BCUT2D eigenvalue weighted by atomic mass is 9.89. The van der Waals surface area contributed by atoms with E-state index in [1.54, 1.807) is 0 Å². The van der Waals surface area contributed by atoms with Gasteiger partial charge in [0, 0.05) is 0 Å². The fraction of sp³-hybridized carbons (Fsp3) is 0.286. The fourth-order valence-corrected chi connectivity index (χ4v) is 1.86. The zero-order chi connectivity index (χ0) is 11.4. The van der Waals surface area contributed by atoms with Crippen LogP contribution in [0.3, 0.4) is 0 Å². The van der Waals surface area contributed by atoms with E-state index >= 15 is 0 Å². The molecule has 0 fully saturated rings. The third-order valence-electron chi connectivity index (χ3n) is 2.90. The summed E-state index contributed by atoms with van der Waals surface area (Å²) in [6.07, 6.45) is 10.2. The molecule has 4 N–H and O–H groups in total. The molecule has 0 heterocycles. The van der Waals surface area contributed by atoms with Crippen molar-refractivity contribution in [2.24, 2.45) is 17.4 Å². The van der Waals surface area contributed by atoms with Crippen LogP contribution in [-0.4, -0.2) is 5.66 Å². The SMILES string of the molecule is NC1(N)C=CC(C=Cc2ccccc2)CC1. The molecule has 84 valence electrons. The Bertz CT molecular complexity index is 390. The molecule has 2 rings (SSSR count). The van der Waals surface area contributed by atoms with Crippen LogP contribution in [0, 0.1) is 5.92 Å². The first-order chi connectivity index (χ1) is 7.66. The van der Waals surface area contributed by atoms with Crippen molar-refractivity contribution in [3.05, 3.63) is 54.1 Å². The van der Waals surface area contributed by atoms with Crippen molar-refractivity contribution >= 4 is 6.08 Å². The highest BCUT2D eigenvalue weighted by Gasteiger charge is 2.20. The van der Waals surface area contributed by atoms with Crippen molar-refractivity contribution in [1.29, 1.82) is 0 Å². The molecule has 0 bridgehead atoms. The maximum atomic E-state index is 5.81. The Morgan fingerprint density at radius 1 is 1.19 bits per heavy atom. The molecule has 1 aliphatic rings. The summed E-state index contributed by atoms with van der Waals surface area (Å²) in [6.45, 7) is 0. The number of hydrogen-bond acceptors (Lipinski definition) is 2. The lowest BCUT2D eigenvalue weighted by molar-refractivity contribution is 0.440. The minimum Gasteiger partial charge on any atom is -0.310 e. The van der Waals surface area contributed by atoms with Gasteiger partial charge in [0.25, 0.3) is 0 Å². The number of allylic oxidation sites excluding steroid dienone is 2. The van der Waals surface area contributed by atoms with Crippen LogP contribution in [0.2, 0.25) is 0 Å². The Balaban J connectivity index is 1.99. The molecule has 0 radical (unpaired) electrons. The van der Waals surface area contributed by atoms with Gasteiger partial charge in [0.05, 0.1) is 5.66 Å². The summed E-state index contributed by atoms with van der Waals surface area (Å²) < 4.78 is 0. The number of benzene rings is 1. The predicted molar refractivity (Wildman–Crippen MR) is 68.4 cm³/mol. The van der Waals surface area contributed by atoms with Gasteiger partial charge >= 0.3 is 0 Å². The van der Waals surface area contributed by atoms with Gasteiger partial charge in [-0.15, -0.1) is 0 Å². The van der Waals surface area contributed by atoms with Gasteiger partial charge in [-0.25, -0.2) is 0 Å². The number of nitrogens with two attached hydrogens (primary N) is 2. The normalized spacial score (nSPS) is 23.8. The molecule has 1 aromatic carbocycles. The molecule has 0 amide bonds. The Hall–Kier alpha value is -1.38. The zero-order valence-corrected chi connectivity index (χ0v) is 9.34. The van der Waals surface area contributed by atoms with Crippen molar-refractivity contribution in [2.45, 2.75) is 18.5 Å². The minimum absolute atomic E-state index is 0.459. The first-order valence-corrected chi connectivity index (χ1v) is 5.66. The molecule has 0 saturated heterocycles. The van der Waals surface area contributed by atoms with Crippen LogP contribution in [0.1, 0.15) is 18.4 Å². The van der Waals surface area contributed by atoms with Crippen molar-refractivity contribution in [3.63, 3.8) is 0 Å². The minimum atomic E-state index is -0.600. The zero-order valence-electron chi connectivity index (χ0n) is 9.34. The Morgan fingerprint density at radius 2 is 1.94 bits per heavy atom. The highest BCUT2D eigenvalue weighted by molar-refractivity contribution is 5.49. The first-order valence-electron chi connectivity index (χ1n) is 5.66. The van der Waals surface area contributed by atoms with Gasteiger partial charge in [0.1, 0.15) is 0 Å². The molecule has 0 saturated carbocycles. The molecule has 1 aromatic rings. The highest BCUT2D eigenvalue weighted by atomic mass is 14.9. The van der Waals surface area contributed by atoms with Gasteiger partial charge in [0.2, 0.25) is 0 Å². The van der Waals surface area contributed by atoms with E-state index in [9.17, 15) is 0 Å². The molecule has 0 aliphatic heterocycles. The second-order valence-corrected chi connectivity index (χ2v) is 4.44. The fourth-order valence-electron chi connectivity index (χ4n) is 1.86. The topological polar surface area (TPSA) is 52.0 Å². The maximum absolute atomic E-state index is 5.81. The van der Waals surface area contributed by atoms with Crippen LogP contribution in [0.5, 0.6) is 0 Å². The van der Waals surface area contributed by atoms with Crippen LogP contribution in [-0.2, 0) is 0 Å². The molecule has 2 nitrogen and oxygen atoms in total. The predicted octanol–water partition coefficient (Wildman–Crippen LogP) is 2.28. The van der Waals surface area contributed by atoms with E-state index in [4.69, 9.17) is 11.5 Å². The monoisotopic (exact) mass is 214 g/mol. The van der Waals surface area contributed by atoms with E-state index < -0.39 is 5.66 Å². The quantitative estimate of drug-likeness (QED) is 0.586. The van der Waals surface area contributed by atoms with Gasteiger partial charge in [0.15, 0.2) is 0 Å². The van der Waals surface area contributed by atoms with Crippen molar-refractivity contribution in [1.82, 2.24) is 0 Å². The Labute approximate surface area is 96.6 Å². The smallest absolute Gasteiger partial charge is 0.0828 e. The summed E-state index contributed by atoms with van der Waals surface area (Å²) in [5.74, 6) is 0.459. The van der Waals surface area contributed by atoms with Gasteiger partial charge < -0.3 is 11.5 Å². The van der Waals surface area contributed by atoms with Crippen LogP contribution >= 0.6 is 0 Å². The third kappa shape index (κ3) is 3.05. The first kappa shape index (κ1) is 11.1. The van der Waals surface area contributed by atoms with Crippen LogP contribution in [0.15, 0.2) is 48.6 Å². The summed E-state index contributed by atoms with van der Waals surface area (Å²) in [7, 11) is 0. The van der Waals surface area contributed by atoms with E-state index in [0.717, 1.165) is 12.8 Å². The summed E-state index contributed by atoms with van der Waals surface area (Å²) in [5, 5.41) is 0. The summed E-state index contributed by atoms with van der Waals surface area (Å²) >= 11 is 0. The van der Waals surface area contributed by atoms with Gasteiger partial charge in [-0.3, -0.25) is 0 Å². The second kappa shape index (κ2) is 4.64. The number of hydrogen-bond donors (Lipinski definition) is 2. The summed E-state index contributed by atoms with van der Waals surface area (Å²) in [6, 6.07) is 10.3. The molecular weight excluding hydrogens is 196 g/mol. The van der Waals surface area contributed by atoms with Gasteiger partial charge in [-0.1, -0.05) is 54.6 Å². The maximum Gasteiger partial charge on any atom is 0.0828 e. The summed E-state index contributed by atoms with van der Waals surface area (Å²) in [5.41, 5.74) is 12.3. The van der Waals surface area contributed by atoms with Gasteiger partial charge in [-0.2, -0.15) is 0 Å². The molecule has 2 heteroatoms. The lowest BCUT2D eigenvalue weighted by Gasteiger charge is -2.26. The van der Waals surface area contributed by atoms with E-state index in [0.29, 0.717) is 5.92 Å². The van der Waals surface area contributed by atoms with Crippen LogP contribution < -0.4 is 11.5 Å². The average Bonchev–Trinajstić information content (AvgIpc) is 2.29. The molecule has 16 heavy (non-hydrogen) atoms. The van der Waals surface area contributed by atoms with Crippen molar-refractivity contribution in [3.8, 4) is 0 Å². The molecule has 1 aliphatic carbocycles.